The summed E-state index contributed by atoms with van der Waals surface area (Å²) in [6.07, 6.45) is 0. The maximum atomic E-state index is 10.7. The Kier molecular flexibility index (Phi) is 3.20. The largest absolute Gasteiger partial charge is 0.428 e. The first kappa shape index (κ1) is 13.9. The molecule has 7 heteroatoms. The fraction of sp³-hybridized carbons (Fsp3) is 0. The molecule has 0 spiro atoms. The van der Waals surface area contributed by atoms with Crippen LogP contribution in [-0.2, 0) is 0 Å². The molecule has 2 aromatic carbocycles. The van der Waals surface area contributed by atoms with Gasteiger partial charge in [0.2, 0.25) is 0 Å². The van der Waals surface area contributed by atoms with Gasteiger partial charge in [0.15, 0.2) is 0 Å². The molecule has 0 fully saturated rings. The Morgan fingerprint density at radius 2 is 1.91 bits per heavy atom. The third kappa shape index (κ3) is 2.05. The van der Waals surface area contributed by atoms with Gasteiger partial charge in [0, 0.05) is 28.1 Å². The molecule has 0 aliphatic rings. The highest BCUT2D eigenvalue weighted by atomic mass is 35.5. The van der Waals surface area contributed by atoms with Gasteiger partial charge < -0.3 is 5.21 Å². The van der Waals surface area contributed by atoms with Gasteiger partial charge in [-0.25, -0.2) is 0 Å². The van der Waals surface area contributed by atoms with Crippen LogP contribution in [0.4, 0.5) is 5.69 Å². The Morgan fingerprint density at radius 1 is 1.23 bits per heavy atom. The predicted octanol–water partition coefficient (Wildman–Crippen LogP) is 3.98. The van der Waals surface area contributed by atoms with Crippen molar-refractivity contribution in [1.29, 1.82) is 5.26 Å². The van der Waals surface area contributed by atoms with Crippen LogP contribution >= 0.6 is 11.6 Å². The van der Waals surface area contributed by atoms with Crippen molar-refractivity contribution in [2.75, 3.05) is 0 Å². The van der Waals surface area contributed by atoms with E-state index in [2.05, 4.69) is 6.07 Å². The highest BCUT2D eigenvalue weighted by Crippen LogP contribution is 2.34. The van der Waals surface area contributed by atoms with Crippen LogP contribution in [-0.4, -0.2) is 14.9 Å². The summed E-state index contributed by atoms with van der Waals surface area (Å²) >= 11 is 5.91. The van der Waals surface area contributed by atoms with E-state index in [-0.39, 0.29) is 16.9 Å². The van der Waals surface area contributed by atoms with Gasteiger partial charge in [0.1, 0.15) is 11.8 Å². The van der Waals surface area contributed by atoms with E-state index in [1.165, 1.54) is 24.3 Å². The molecule has 0 amide bonds. The molecule has 1 aromatic heterocycles. The molecule has 108 valence electrons. The summed E-state index contributed by atoms with van der Waals surface area (Å²) in [5.74, 6) is 0. The zero-order valence-corrected chi connectivity index (χ0v) is 11.8. The molecule has 0 bridgehead atoms. The van der Waals surface area contributed by atoms with Gasteiger partial charge in [0.05, 0.1) is 16.0 Å². The number of nitrogens with zero attached hydrogens (tertiary/aromatic N) is 3. The molecule has 0 unspecified atom stereocenters. The second-order valence-corrected chi connectivity index (χ2v) is 5.05. The van der Waals surface area contributed by atoms with Gasteiger partial charge in [-0.1, -0.05) is 11.6 Å². The SMILES string of the molecule is N#Cc1c(-c2ccc([N+](=O)[O-])cc2)n(O)c2cc(Cl)ccc12. The summed E-state index contributed by atoms with van der Waals surface area (Å²) in [6.45, 7) is 0. The van der Waals surface area contributed by atoms with Crippen molar-refractivity contribution < 1.29 is 10.1 Å². The van der Waals surface area contributed by atoms with Gasteiger partial charge >= 0.3 is 0 Å². The minimum Gasteiger partial charge on any atom is -0.428 e. The van der Waals surface area contributed by atoms with Crippen LogP contribution in [0.1, 0.15) is 5.56 Å². The molecule has 6 nitrogen and oxygen atoms in total. The van der Waals surface area contributed by atoms with Crippen molar-refractivity contribution in [3.05, 3.63) is 63.2 Å². The standard InChI is InChI=1S/C15H8ClN3O3/c16-10-3-6-12-13(8-17)15(18(20)14(12)7-10)9-1-4-11(5-2-9)19(21)22/h1-7,20H. The monoisotopic (exact) mass is 313 g/mol. The molecule has 3 aromatic rings. The number of hydrogen-bond acceptors (Lipinski definition) is 4. The van der Waals surface area contributed by atoms with E-state index in [1.54, 1.807) is 18.2 Å². The highest BCUT2D eigenvalue weighted by Gasteiger charge is 2.19. The lowest BCUT2D eigenvalue weighted by Gasteiger charge is -2.03. The van der Waals surface area contributed by atoms with Crippen molar-refractivity contribution in [2.24, 2.45) is 0 Å². The molecule has 0 saturated heterocycles. The lowest BCUT2D eigenvalue weighted by atomic mass is 10.1. The van der Waals surface area contributed by atoms with Crippen molar-refractivity contribution in [2.45, 2.75) is 0 Å². The number of rotatable bonds is 2. The summed E-state index contributed by atoms with van der Waals surface area (Å²) in [6, 6.07) is 12.5. The van der Waals surface area contributed by atoms with E-state index in [9.17, 15) is 20.6 Å². The number of hydrogen-bond donors (Lipinski definition) is 1. The lowest BCUT2D eigenvalue weighted by Crippen LogP contribution is -1.95. The second-order valence-electron chi connectivity index (χ2n) is 4.61. The Hall–Kier alpha value is -3.04. The fourth-order valence-electron chi connectivity index (χ4n) is 2.37. The molecule has 1 heterocycles. The van der Waals surface area contributed by atoms with Crippen molar-refractivity contribution >= 4 is 28.2 Å². The molecule has 0 aliphatic heterocycles. The smallest absolute Gasteiger partial charge is 0.269 e. The third-order valence-electron chi connectivity index (χ3n) is 3.37. The number of nitro groups is 1. The summed E-state index contributed by atoms with van der Waals surface area (Å²) in [5.41, 5.74) is 1.39. The first-order valence-corrected chi connectivity index (χ1v) is 6.59. The molecule has 22 heavy (non-hydrogen) atoms. The highest BCUT2D eigenvalue weighted by molar-refractivity contribution is 6.31. The molecule has 0 saturated carbocycles. The van der Waals surface area contributed by atoms with E-state index < -0.39 is 4.92 Å². The van der Waals surface area contributed by atoms with Gasteiger partial charge in [-0.2, -0.15) is 9.99 Å². The molecular weight excluding hydrogens is 306 g/mol. The average molecular weight is 314 g/mol. The maximum Gasteiger partial charge on any atom is 0.269 e. The molecule has 0 radical (unpaired) electrons. The van der Waals surface area contributed by atoms with Gasteiger partial charge in [-0.15, -0.1) is 0 Å². The first-order valence-electron chi connectivity index (χ1n) is 6.21. The average Bonchev–Trinajstić information content (AvgIpc) is 2.79. The summed E-state index contributed by atoms with van der Waals surface area (Å²) in [5, 5.41) is 31.4. The Bertz CT molecular complexity index is 939. The summed E-state index contributed by atoms with van der Waals surface area (Å²) < 4.78 is 0.876. The number of fused-ring (bicyclic) bond motifs is 1. The Morgan fingerprint density at radius 3 is 2.50 bits per heavy atom. The lowest BCUT2D eigenvalue weighted by molar-refractivity contribution is -0.384. The van der Waals surface area contributed by atoms with E-state index >= 15 is 0 Å². The van der Waals surface area contributed by atoms with Gasteiger partial charge in [0.25, 0.3) is 5.69 Å². The number of benzene rings is 2. The second kappa shape index (κ2) is 5.06. The minimum absolute atomic E-state index is 0.0640. The topological polar surface area (TPSA) is 92.1 Å². The number of halogens is 1. The molecule has 0 aliphatic carbocycles. The fourth-order valence-corrected chi connectivity index (χ4v) is 2.53. The number of non-ortho nitro benzene ring substituents is 1. The van der Waals surface area contributed by atoms with Gasteiger partial charge in [-0.05, 0) is 30.3 Å². The zero-order chi connectivity index (χ0) is 15.9. The van der Waals surface area contributed by atoms with E-state index in [0.717, 1.165) is 4.73 Å². The van der Waals surface area contributed by atoms with Crippen LogP contribution < -0.4 is 0 Å². The number of nitro benzene ring substituents is 1. The number of aromatic nitrogens is 1. The van der Waals surface area contributed by atoms with Crippen molar-refractivity contribution in [3.8, 4) is 17.3 Å². The molecular formula is C15H8ClN3O3. The molecule has 3 rings (SSSR count). The normalized spacial score (nSPS) is 10.5. The summed E-state index contributed by atoms with van der Waals surface area (Å²) in [4.78, 5) is 10.2. The van der Waals surface area contributed by atoms with Crippen LogP contribution in [0.25, 0.3) is 22.2 Å². The van der Waals surface area contributed by atoms with Crippen molar-refractivity contribution in [3.63, 3.8) is 0 Å². The molecule has 0 atom stereocenters. The van der Waals surface area contributed by atoms with Gasteiger partial charge in [-0.3, -0.25) is 10.1 Å². The van der Waals surface area contributed by atoms with Crippen LogP contribution in [0, 0.1) is 21.4 Å². The third-order valence-corrected chi connectivity index (χ3v) is 3.60. The summed E-state index contributed by atoms with van der Waals surface area (Å²) in [7, 11) is 0. The van der Waals surface area contributed by atoms with Crippen LogP contribution in [0.2, 0.25) is 5.02 Å². The minimum atomic E-state index is -0.511. The van der Waals surface area contributed by atoms with Crippen LogP contribution in [0.15, 0.2) is 42.5 Å². The van der Waals surface area contributed by atoms with E-state index in [4.69, 9.17) is 11.6 Å². The zero-order valence-electron chi connectivity index (χ0n) is 11.0. The Labute approximate surface area is 129 Å². The maximum absolute atomic E-state index is 10.7. The number of nitriles is 1. The Balaban J connectivity index is 2.28. The van der Waals surface area contributed by atoms with E-state index in [0.29, 0.717) is 21.5 Å². The first-order chi connectivity index (χ1) is 10.5. The van der Waals surface area contributed by atoms with E-state index in [1.807, 2.05) is 0 Å². The van der Waals surface area contributed by atoms with Crippen molar-refractivity contribution in [1.82, 2.24) is 4.73 Å². The quantitative estimate of drug-likeness (QED) is 0.440. The predicted molar refractivity (Wildman–Crippen MR) is 80.9 cm³/mol. The van der Waals surface area contributed by atoms with Crippen LogP contribution in [0.3, 0.4) is 0 Å². The molecule has 1 N–H and O–H groups in total. The van der Waals surface area contributed by atoms with Crippen LogP contribution in [0.5, 0.6) is 0 Å².